The van der Waals surface area contributed by atoms with Crippen LogP contribution in [-0.4, -0.2) is 67.7 Å². The highest BCUT2D eigenvalue weighted by Gasteiger charge is 2.47. The van der Waals surface area contributed by atoms with Crippen LogP contribution >= 0.6 is 11.6 Å². The van der Waals surface area contributed by atoms with Gasteiger partial charge >= 0.3 is 6.18 Å². The Balaban J connectivity index is 1.60. The van der Waals surface area contributed by atoms with E-state index in [0.717, 1.165) is 5.56 Å². The van der Waals surface area contributed by atoms with Gasteiger partial charge in [-0.3, -0.25) is 9.69 Å². The average molecular weight is 376 g/mol. The summed E-state index contributed by atoms with van der Waals surface area (Å²) in [7, 11) is 0. The molecule has 0 saturated carbocycles. The van der Waals surface area contributed by atoms with E-state index in [0.29, 0.717) is 37.6 Å². The summed E-state index contributed by atoms with van der Waals surface area (Å²) in [6.07, 6.45) is -3.58. The van der Waals surface area contributed by atoms with Gasteiger partial charge in [-0.05, 0) is 24.1 Å². The molecule has 0 atom stereocenters. The second kappa shape index (κ2) is 7.13. The number of amides is 1. The van der Waals surface area contributed by atoms with Gasteiger partial charge in [-0.2, -0.15) is 13.2 Å². The highest BCUT2D eigenvalue weighted by Crippen LogP contribution is 2.31. The number of halogens is 4. The Morgan fingerprint density at radius 1 is 1.12 bits per heavy atom. The predicted octanol–water partition coefficient (Wildman–Crippen LogP) is 2.18. The van der Waals surface area contributed by atoms with E-state index >= 15 is 0 Å². The molecule has 2 fully saturated rings. The zero-order valence-corrected chi connectivity index (χ0v) is 14.5. The molecule has 0 unspecified atom stereocenters. The summed E-state index contributed by atoms with van der Waals surface area (Å²) in [4.78, 5) is 16.1. The Kier molecular flexibility index (Phi) is 5.27. The first kappa shape index (κ1) is 18.5. The number of carbonyl (C=O) groups is 1. The molecule has 0 bridgehead atoms. The van der Waals surface area contributed by atoms with Crippen molar-refractivity contribution in [1.82, 2.24) is 15.1 Å². The summed E-state index contributed by atoms with van der Waals surface area (Å²) < 4.78 is 37.4. The molecule has 1 amide bonds. The fraction of sp³-hybridized carbons (Fsp3) is 0.588. The number of hydrogen-bond acceptors (Lipinski definition) is 3. The Bertz CT molecular complexity index is 609. The molecular weight excluding hydrogens is 355 g/mol. The van der Waals surface area contributed by atoms with E-state index in [1.54, 1.807) is 17.0 Å². The molecule has 2 aliphatic rings. The van der Waals surface area contributed by atoms with E-state index in [-0.39, 0.29) is 19.0 Å². The smallest absolute Gasteiger partial charge is 0.340 e. The number of carbonyl (C=O) groups excluding carboxylic acids is 1. The molecule has 8 heteroatoms. The second-order valence-electron chi connectivity index (χ2n) is 6.87. The molecule has 2 aliphatic heterocycles. The zero-order chi connectivity index (χ0) is 18.1. The molecule has 1 N–H and O–H groups in total. The maximum absolute atomic E-state index is 13.0. The standard InChI is InChI=1S/C17H21ClF3N3O/c18-14-3-1-13(2-4-14)9-16(10-22-11-16)15(25)24-7-5-23(6-8-24)12-17(19,20)21/h1-4,22H,5-12H2. The average Bonchev–Trinajstić information content (AvgIpc) is 2.51. The first-order valence-corrected chi connectivity index (χ1v) is 8.69. The number of nitrogens with zero attached hydrogens (tertiary/aromatic N) is 2. The molecule has 0 aliphatic carbocycles. The molecule has 0 aromatic heterocycles. The molecule has 25 heavy (non-hydrogen) atoms. The SMILES string of the molecule is O=C(N1CCN(CC(F)(F)F)CC1)C1(Cc2ccc(Cl)cc2)CNC1. The van der Waals surface area contributed by atoms with E-state index in [9.17, 15) is 18.0 Å². The van der Waals surface area contributed by atoms with Crippen LogP contribution in [-0.2, 0) is 11.2 Å². The van der Waals surface area contributed by atoms with Crippen LogP contribution in [0, 0.1) is 5.41 Å². The number of rotatable bonds is 4. The largest absolute Gasteiger partial charge is 0.401 e. The summed E-state index contributed by atoms with van der Waals surface area (Å²) in [5, 5.41) is 3.81. The van der Waals surface area contributed by atoms with Crippen molar-refractivity contribution in [2.75, 3.05) is 45.8 Å². The highest BCUT2D eigenvalue weighted by atomic mass is 35.5. The van der Waals surface area contributed by atoms with Crippen LogP contribution in [0.25, 0.3) is 0 Å². The van der Waals surface area contributed by atoms with Crippen LogP contribution in [0.5, 0.6) is 0 Å². The number of hydrogen-bond donors (Lipinski definition) is 1. The van der Waals surface area contributed by atoms with Gasteiger partial charge in [0, 0.05) is 44.3 Å². The minimum absolute atomic E-state index is 0.0351. The van der Waals surface area contributed by atoms with Crippen molar-refractivity contribution >= 4 is 17.5 Å². The summed E-state index contributed by atoms with van der Waals surface area (Å²) in [5.41, 5.74) is 0.537. The lowest BCUT2D eigenvalue weighted by Gasteiger charge is -2.46. The van der Waals surface area contributed by atoms with E-state index in [2.05, 4.69) is 5.32 Å². The molecule has 1 aromatic rings. The first-order valence-electron chi connectivity index (χ1n) is 8.31. The van der Waals surface area contributed by atoms with Crippen molar-refractivity contribution in [1.29, 1.82) is 0 Å². The van der Waals surface area contributed by atoms with Gasteiger partial charge in [0.05, 0.1) is 12.0 Å². The van der Waals surface area contributed by atoms with Gasteiger partial charge in [0.25, 0.3) is 0 Å². The topological polar surface area (TPSA) is 35.6 Å². The van der Waals surface area contributed by atoms with Crippen molar-refractivity contribution in [3.8, 4) is 0 Å². The van der Waals surface area contributed by atoms with Crippen LogP contribution in [0.15, 0.2) is 24.3 Å². The van der Waals surface area contributed by atoms with Crippen molar-refractivity contribution in [3.05, 3.63) is 34.9 Å². The van der Waals surface area contributed by atoms with Gasteiger partial charge in [0.1, 0.15) is 0 Å². The number of alkyl halides is 3. The van der Waals surface area contributed by atoms with E-state index in [1.807, 2.05) is 12.1 Å². The third-order valence-corrected chi connectivity index (χ3v) is 5.15. The normalized spacial score (nSPS) is 21.0. The van der Waals surface area contributed by atoms with Gasteiger partial charge in [0.15, 0.2) is 0 Å². The fourth-order valence-electron chi connectivity index (χ4n) is 3.47. The molecular formula is C17H21ClF3N3O. The lowest BCUT2D eigenvalue weighted by Crippen LogP contribution is -2.65. The van der Waals surface area contributed by atoms with Crippen LogP contribution in [0.3, 0.4) is 0 Å². The summed E-state index contributed by atoms with van der Waals surface area (Å²) in [5.74, 6) is 0.0351. The zero-order valence-electron chi connectivity index (χ0n) is 13.8. The quantitative estimate of drug-likeness (QED) is 0.876. The Morgan fingerprint density at radius 3 is 2.20 bits per heavy atom. The third kappa shape index (κ3) is 4.46. The van der Waals surface area contributed by atoms with Crippen molar-refractivity contribution in [3.63, 3.8) is 0 Å². The van der Waals surface area contributed by atoms with Gasteiger partial charge in [-0.25, -0.2) is 0 Å². The molecule has 2 saturated heterocycles. The van der Waals surface area contributed by atoms with Gasteiger partial charge in [-0.15, -0.1) is 0 Å². The molecule has 0 radical (unpaired) electrons. The molecule has 2 heterocycles. The Morgan fingerprint density at radius 2 is 1.72 bits per heavy atom. The van der Waals surface area contributed by atoms with Crippen LogP contribution in [0.4, 0.5) is 13.2 Å². The molecule has 4 nitrogen and oxygen atoms in total. The van der Waals surface area contributed by atoms with Crippen molar-refractivity contribution < 1.29 is 18.0 Å². The van der Waals surface area contributed by atoms with E-state index < -0.39 is 18.1 Å². The highest BCUT2D eigenvalue weighted by molar-refractivity contribution is 6.30. The molecule has 0 spiro atoms. The number of benzene rings is 1. The lowest BCUT2D eigenvalue weighted by molar-refractivity contribution is -0.156. The first-order chi connectivity index (χ1) is 11.8. The van der Waals surface area contributed by atoms with Crippen LogP contribution in [0.1, 0.15) is 5.56 Å². The van der Waals surface area contributed by atoms with Crippen molar-refractivity contribution in [2.45, 2.75) is 12.6 Å². The summed E-state index contributed by atoms with van der Waals surface area (Å²) in [6, 6.07) is 7.43. The number of piperazine rings is 1. The molecule has 138 valence electrons. The molecule has 3 rings (SSSR count). The summed E-state index contributed by atoms with van der Waals surface area (Å²) in [6.45, 7) is 1.49. The lowest BCUT2D eigenvalue weighted by atomic mass is 9.75. The Labute approximate surface area is 149 Å². The Hall–Kier alpha value is -1.31. The maximum atomic E-state index is 13.0. The van der Waals surface area contributed by atoms with Gasteiger partial charge < -0.3 is 10.2 Å². The third-order valence-electron chi connectivity index (χ3n) is 4.90. The van der Waals surface area contributed by atoms with Gasteiger partial charge in [0.2, 0.25) is 5.91 Å². The van der Waals surface area contributed by atoms with Crippen LogP contribution < -0.4 is 5.32 Å². The summed E-state index contributed by atoms with van der Waals surface area (Å²) >= 11 is 5.90. The minimum atomic E-state index is -4.19. The van der Waals surface area contributed by atoms with Gasteiger partial charge in [-0.1, -0.05) is 23.7 Å². The van der Waals surface area contributed by atoms with E-state index in [1.165, 1.54) is 4.90 Å². The number of nitrogens with one attached hydrogen (secondary N) is 1. The van der Waals surface area contributed by atoms with Crippen molar-refractivity contribution in [2.24, 2.45) is 5.41 Å². The maximum Gasteiger partial charge on any atom is 0.401 e. The second-order valence-corrected chi connectivity index (χ2v) is 7.31. The molecule has 1 aromatic carbocycles. The fourth-order valence-corrected chi connectivity index (χ4v) is 3.60. The van der Waals surface area contributed by atoms with E-state index in [4.69, 9.17) is 11.6 Å². The monoisotopic (exact) mass is 375 g/mol. The van der Waals surface area contributed by atoms with Crippen LogP contribution in [0.2, 0.25) is 5.02 Å². The minimum Gasteiger partial charge on any atom is -0.340 e. The predicted molar refractivity (Wildman–Crippen MR) is 89.5 cm³/mol.